The number of para-hydroxylation sites is 1. The summed E-state index contributed by atoms with van der Waals surface area (Å²) in [7, 11) is 0. The van der Waals surface area contributed by atoms with Gasteiger partial charge in [0.1, 0.15) is 0 Å². The number of nitrogens with zero attached hydrogens (tertiary/aromatic N) is 3. The highest BCUT2D eigenvalue weighted by Gasteiger charge is 2.32. The zero-order valence-corrected chi connectivity index (χ0v) is 19.8. The number of carbonyl (C=O) groups excluding carboxylic acids is 1. The molecule has 2 saturated heterocycles. The summed E-state index contributed by atoms with van der Waals surface area (Å²) in [6.45, 7) is 14.5. The third kappa shape index (κ3) is 5.61. The number of rotatable bonds is 4. The Kier molecular flexibility index (Phi) is 7.22. The number of anilines is 1. The fourth-order valence-corrected chi connectivity index (χ4v) is 5.64. The Hall–Kier alpha value is -1.59. The molecule has 1 aliphatic carbocycles. The van der Waals surface area contributed by atoms with Crippen molar-refractivity contribution in [3.8, 4) is 0 Å². The Labute approximate surface area is 188 Å². The maximum atomic E-state index is 12.6. The Bertz CT molecular complexity index is 722. The van der Waals surface area contributed by atoms with Gasteiger partial charge >= 0.3 is 0 Å². The van der Waals surface area contributed by atoms with Crippen LogP contribution in [0.5, 0.6) is 0 Å². The van der Waals surface area contributed by atoms with Crippen molar-refractivity contribution < 1.29 is 9.53 Å². The predicted octanol–water partition coefficient (Wildman–Crippen LogP) is 3.99. The van der Waals surface area contributed by atoms with E-state index in [-0.39, 0.29) is 5.91 Å². The molecular weight excluding hydrogens is 386 g/mol. The first-order valence-corrected chi connectivity index (χ1v) is 12.3. The average molecular weight is 428 g/mol. The number of benzene rings is 1. The van der Waals surface area contributed by atoms with Crippen LogP contribution in [-0.2, 0) is 9.53 Å². The van der Waals surface area contributed by atoms with Crippen LogP contribution in [0.25, 0.3) is 0 Å². The van der Waals surface area contributed by atoms with Gasteiger partial charge in [-0.25, -0.2) is 0 Å². The van der Waals surface area contributed by atoms with E-state index in [2.05, 4.69) is 54.8 Å². The molecule has 1 saturated carbocycles. The van der Waals surface area contributed by atoms with Gasteiger partial charge < -0.3 is 14.5 Å². The van der Waals surface area contributed by atoms with E-state index in [0.29, 0.717) is 31.1 Å². The number of ether oxygens (including phenoxy) is 1. The van der Waals surface area contributed by atoms with E-state index >= 15 is 0 Å². The molecular formula is C26H41N3O2. The van der Waals surface area contributed by atoms with Gasteiger partial charge in [-0.3, -0.25) is 9.69 Å². The van der Waals surface area contributed by atoms with Crippen molar-refractivity contribution in [3.05, 3.63) is 29.8 Å². The van der Waals surface area contributed by atoms with E-state index in [1.165, 1.54) is 31.4 Å². The first kappa shape index (κ1) is 22.6. The topological polar surface area (TPSA) is 36.0 Å². The predicted molar refractivity (Wildman–Crippen MR) is 127 cm³/mol. The van der Waals surface area contributed by atoms with E-state index in [0.717, 1.165) is 45.2 Å². The van der Waals surface area contributed by atoms with Crippen LogP contribution in [-0.4, -0.2) is 74.7 Å². The molecule has 5 nitrogen and oxygen atoms in total. The van der Waals surface area contributed by atoms with Crippen LogP contribution >= 0.6 is 0 Å². The van der Waals surface area contributed by atoms with Gasteiger partial charge in [-0.05, 0) is 54.6 Å². The maximum absolute atomic E-state index is 12.6. The van der Waals surface area contributed by atoms with Gasteiger partial charge in [-0.2, -0.15) is 0 Å². The van der Waals surface area contributed by atoms with E-state index in [4.69, 9.17) is 4.74 Å². The lowest BCUT2D eigenvalue weighted by atomic mass is 9.68. The van der Waals surface area contributed by atoms with Crippen molar-refractivity contribution in [2.75, 3.05) is 63.9 Å². The van der Waals surface area contributed by atoms with E-state index in [1.807, 2.05) is 4.90 Å². The summed E-state index contributed by atoms with van der Waals surface area (Å²) in [5, 5.41) is 0. The van der Waals surface area contributed by atoms with Crippen molar-refractivity contribution in [3.63, 3.8) is 0 Å². The van der Waals surface area contributed by atoms with Crippen molar-refractivity contribution in [2.45, 2.75) is 52.4 Å². The van der Waals surface area contributed by atoms with Crippen LogP contribution in [0.15, 0.2) is 24.3 Å². The number of piperazine rings is 1. The van der Waals surface area contributed by atoms with Gasteiger partial charge in [0.15, 0.2) is 0 Å². The van der Waals surface area contributed by atoms with Crippen molar-refractivity contribution in [1.29, 1.82) is 0 Å². The quantitative estimate of drug-likeness (QED) is 0.728. The Morgan fingerprint density at radius 1 is 0.935 bits per heavy atom. The molecule has 2 heterocycles. The van der Waals surface area contributed by atoms with Gasteiger partial charge in [-0.15, -0.1) is 0 Å². The summed E-state index contributed by atoms with van der Waals surface area (Å²) in [6, 6.07) is 9.09. The number of carbonyl (C=O) groups is 1. The fraction of sp³-hybridized carbons (Fsp3) is 0.731. The number of amides is 1. The highest BCUT2D eigenvalue weighted by molar-refractivity contribution is 5.78. The number of hydrogen-bond donors (Lipinski definition) is 0. The summed E-state index contributed by atoms with van der Waals surface area (Å²) >= 11 is 0. The van der Waals surface area contributed by atoms with E-state index < -0.39 is 0 Å². The second kappa shape index (κ2) is 9.91. The molecule has 1 aromatic carbocycles. The minimum absolute atomic E-state index is 0.257. The molecule has 0 unspecified atom stereocenters. The van der Waals surface area contributed by atoms with Crippen molar-refractivity contribution >= 4 is 11.6 Å². The first-order valence-electron chi connectivity index (χ1n) is 12.3. The summed E-state index contributed by atoms with van der Waals surface area (Å²) in [5.41, 5.74) is 3.41. The molecule has 0 N–H and O–H groups in total. The Morgan fingerprint density at radius 3 is 2.23 bits per heavy atom. The number of morpholine rings is 1. The second-order valence-electron chi connectivity index (χ2n) is 10.7. The van der Waals surface area contributed by atoms with E-state index in [1.54, 1.807) is 5.56 Å². The first-order chi connectivity index (χ1) is 14.9. The molecule has 0 atom stereocenters. The molecule has 31 heavy (non-hydrogen) atoms. The fourth-order valence-electron chi connectivity index (χ4n) is 5.64. The lowest BCUT2D eigenvalue weighted by Gasteiger charge is -2.40. The third-order valence-electron chi connectivity index (χ3n) is 7.76. The molecule has 4 rings (SSSR count). The van der Waals surface area contributed by atoms with Gasteiger partial charge in [0.2, 0.25) is 5.91 Å². The molecule has 0 bridgehead atoms. The number of hydrogen-bond acceptors (Lipinski definition) is 4. The minimum atomic E-state index is 0.257. The van der Waals surface area contributed by atoms with Crippen molar-refractivity contribution in [1.82, 2.24) is 9.80 Å². The molecule has 172 valence electrons. The molecule has 3 aliphatic rings. The summed E-state index contributed by atoms with van der Waals surface area (Å²) in [5.74, 6) is 1.80. The summed E-state index contributed by atoms with van der Waals surface area (Å²) in [4.78, 5) is 19.4. The lowest BCUT2D eigenvalue weighted by molar-refractivity contribution is -0.136. The monoisotopic (exact) mass is 427 g/mol. The molecule has 3 fully saturated rings. The maximum Gasteiger partial charge on any atom is 0.236 e. The van der Waals surface area contributed by atoms with Crippen LogP contribution in [0.1, 0.15) is 57.9 Å². The standard InChI is InChI=1S/C26H41N3O2/c1-26(2,3)22-10-8-21(9-11-22)23-6-4-5-7-24(23)28-14-12-27(13-15-28)20-25(30)29-16-18-31-19-17-29/h4-7,21-22H,8-20H2,1-3H3. The van der Waals surface area contributed by atoms with Crippen LogP contribution in [0.4, 0.5) is 5.69 Å². The van der Waals surface area contributed by atoms with Gasteiger partial charge in [0.05, 0.1) is 19.8 Å². The average Bonchev–Trinajstić information content (AvgIpc) is 2.80. The zero-order valence-electron chi connectivity index (χ0n) is 19.8. The lowest BCUT2D eigenvalue weighted by Crippen LogP contribution is -2.51. The molecule has 5 heteroatoms. The van der Waals surface area contributed by atoms with Gasteiger partial charge in [0.25, 0.3) is 0 Å². The van der Waals surface area contributed by atoms with E-state index in [9.17, 15) is 4.79 Å². The van der Waals surface area contributed by atoms with Crippen LogP contribution in [0.3, 0.4) is 0 Å². The smallest absolute Gasteiger partial charge is 0.236 e. The summed E-state index contributed by atoms with van der Waals surface area (Å²) < 4.78 is 5.37. The Morgan fingerprint density at radius 2 is 1.58 bits per heavy atom. The van der Waals surface area contributed by atoms with Crippen molar-refractivity contribution in [2.24, 2.45) is 11.3 Å². The summed E-state index contributed by atoms with van der Waals surface area (Å²) in [6.07, 6.45) is 5.32. The second-order valence-corrected chi connectivity index (χ2v) is 10.7. The zero-order chi connectivity index (χ0) is 21.8. The highest BCUT2D eigenvalue weighted by Crippen LogP contribution is 2.45. The molecule has 0 radical (unpaired) electrons. The van der Waals surface area contributed by atoms with Gasteiger partial charge in [-0.1, -0.05) is 39.0 Å². The third-order valence-corrected chi connectivity index (χ3v) is 7.76. The van der Waals surface area contributed by atoms with Gasteiger partial charge in [0, 0.05) is 45.0 Å². The van der Waals surface area contributed by atoms with Crippen LogP contribution in [0, 0.1) is 11.3 Å². The molecule has 2 aliphatic heterocycles. The molecule has 1 aromatic rings. The Balaban J connectivity index is 1.33. The molecule has 0 aromatic heterocycles. The SMILES string of the molecule is CC(C)(C)C1CCC(c2ccccc2N2CCN(CC(=O)N3CCOCC3)CC2)CC1. The largest absolute Gasteiger partial charge is 0.378 e. The normalized spacial score (nSPS) is 26.2. The molecule has 0 spiro atoms. The minimum Gasteiger partial charge on any atom is -0.378 e. The molecule has 1 amide bonds. The van der Waals surface area contributed by atoms with Crippen LogP contribution < -0.4 is 4.90 Å². The van der Waals surface area contributed by atoms with Crippen LogP contribution in [0.2, 0.25) is 0 Å². The highest BCUT2D eigenvalue weighted by atomic mass is 16.5.